The van der Waals surface area contributed by atoms with Crippen molar-refractivity contribution in [3.8, 4) is 0 Å². The van der Waals surface area contributed by atoms with E-state index in [2.05, 4.69) is 19.2 Å². The zero-order valence-corrected chi connectivity index (χ0v) is 20.1. The molecule has 1 rings (SSSR count). The summed E-state index contributed by atoms with van der Waals surface area (Å²) in [6.07, 6.45) is 3.80. The molecule has 0 bridgehead atoms. The van der Waals surface area contributed by atoms with E-state index in [0.717, 1.165) is 37.7 Å². The first-order chi connectivity index (χ1) is 15.1. The second-order valence-corrected chi connectivity index (χ2v) is 8.87. The van der Waals surface area contributed by atoms with Gasteiger partial charge in [0.25, 0.3) is 0 Å². The van der Waals surface area contributed by atoms with Crippen molar-refractivity contribution >= 4 is 18.0 Å². The minimum absolute atomic E-state index is 0.00671. The van der Waals surface area contributed by atoms with E-state index in [4.69, 9.17) is 14.2 Å². The van der Waals surface area contributed by atoms with Crippen molar-refractivity contribution in [2.45, 2.75) is 104 Å². The highest BCUT2D eigenvalue weighted by Gasteiger charge is 2.27. The second kappa shape index (κ2) is 14.5. The molecule has 0 saturated carbocycles. The minimum Gasteiger partial charge on any atom is -0.462 e. The molecule has 1 amide bonds. The van der Waals surface area contributed by atoms with Gasteiger partial charge in [-0.15, -0.1) is 0 Å². The third kappa shape index (κ3) is 12.3. The number of esters is 2. The van der Waals surface area contributed by atoms with Crippen LogP contribution >= 0.6 is 0 Å². The molecular weight excluding hydrogens is 410 g/mol. The molecule has 2 atom stereocenters. The number of amides is 1. The number of carbonyl (C=O) groups excluding carboxylic acids is 3. The van der Waals surface area contributed by atoms with Gasteiger partial charge in [0.05, 0.1) is 0 Å². The molecule has 0 saturated heterocycles. The van der Waals surface area contributed by atoms with E-state index in [1.165, 1.54) is 0 Å². The van der Waals surface area contributed by atoms with Gasteiger partial charge in [0.15, 0.2) is 0 Å². The summed E-state index contributed by atoms with van der Waals surface area (Å²) in [6, 6.07) is 8.23. The first-order valence-corrected chi connectivity index (χ1v) is 11.5. The zero-order chi connectivity index (χ0) is 24.0. The van der Waals surface area contributed by atoms with E-state index in [1.807, 2.05) is 30.3 Å². The van der Waals surface area contributed by atoms with Gasteiger partial charge in [-0.3, -0.25) is 4.79 Å². The smallest absolute Gasteiger partial charge is 0.408 e. The van der Waals surface area contributed by atoms with Crippen LogP contribution < -0.4 is 5.32 Å². The quantitative estimate of drug-likeness (QED) is 0.324. The lowest BCUT2D eigenvalue weighted by atomic mass is 10.1. The topological polar surface area (TPSA) is 90.9 Å². The molecule has 1 unspecified atom stereocenters. The normalized spacial score (nSPS) is 13.0. The highest BCUT2D eigenvalue weighted by Crippen LogP contribution is 2.14. The molecule has 7 nitrogen and oxygen atoms in total. The average Bonchev–Trinajstić information content (AvgIpc) is 2.72. The maximum absolute atomic E-state index is 12.7. The Morgan fingerprint density at radius 2 is 1.66 bits per heavy atom. The van der Waals surface area contributed by atoms with Crippen LogP contribution in [0.1, 0.15) is 85.1 Å². The van der Waals surface area contributed by atoms with Gasteiger partial charge in [0, 0.05) is 6.42 Å². The molecule has 0 aliphatic carbocycles. The largest absolute Gasteiger partial charge is 0.462 e. The van der Waals surface area contributed by atoms with Crippen molar-refractivity contribution in [3.63, 3.8) is 0 Å². The van der Waals surface area contributed by atoms with Crippen molar-refractivity contribution in [2.24, 2.45) is 0 Å². The van der Waals surface area contributed by atoms with Gasteiger partial charge in [-0.25, -0.2) is 9.59 Å². The van der Waals surface area contributed by atoms with Gasteiger partial charge in [-0.1, -0.05) is 63.4 Å². The van der Waals surface area contributed by atoms with Crippen LogP contribution in [0.4, 0.5) is 4.79 Å². The van der Waals surface area contributed by atoms with Crippen molar-refractivity contribution in [1.82, 2.24) is 5.32 Å². The molecule has 0 spiro atoms. The molecular formula is C25H39NO6. The third-order valence-electron chi connectivity index (χ3n) is 4.62. The highest BCUT2D eigenvalue weighted by molar-refractivity contribution is 5.82. The number of hydrogen-bond acceptors (Lipinski definition) is 6. The predicted octanol–water partition coefficient (Wildman–Crippen LogP) is 5.31. The Labute approximate surface area is 192 Å². The number of rotatable bonds is 13. The van der Waals surface area contributed by atoms with Gasteiger partial charge in [0.2, 0.25) is 0 Å². The number of unbranched alkanes of at least 4 members (excludes halogenated alkanes) is 1. The summed E-state index contributed by atoms with van der Waals surface area (Å²) >= 11 is 0. The summed E-state index contributed by atoms with van der Waals surface area (Å²) in [4.78, 5) is 37.3. The summed E-state index contributed by atoms with van der Waals surface area (Å²) in [5.74, 6) is -1.00. The Balaban J connectivity index is 2.70. The number of carbonyl (C=O) groups is 3. The maximum Gasteiger partial charge on any atom is 0.408 e. The van der Waals surface area contributed by atoms with Crippen molar-refractivity contribution < 1.29 is 28.6 Å². The van der Waals surface area contributed by atoms with Gasteiger partial charge >= 0.3 is 18.0 Å². The number of benzene rings is 1. The summed E-state index contributed by atoms with van der Waals surface area (Å²) in [5.41, 5.74) is 0.114. The highest BCUT2D eigenvalue weighted by atomic mass is 16.6. The Bertz CT molecular complexity index is 698. The number of hydrogen-bond donors (Lipinski definition) is 1. The Hall–Kier alpha value is -2.57. The van der Waals surface area contributed by atoms with Crippen LogP contribution in [0.25, 0.3) is 0 Å². The van der Waals surface area contributed by atoms with Gasteiger partial charge < -0.3 is 19.5 Å². The predicted molar refractivity (Wildman–Crippen MR) is 123 cm³/mol. The fourth-order valence-corrected chi connectivity index (χ4v) is 3.05. The van der Waals surface area contributed by atoms with Gasteiger partial charge in [-0.05, 0) is 45.6 Å². The van der Waals surface area contributed by atoms with Crippen LogP contribution in [-0.4, -0.2) is 35.8 Å². The summed E-state index contributed by atoms with van der Waals surface area (Å²) in [7, 11) is 0. The van der Waals surface area contributed by atoms with Gasteiger partial charge in [-0.2, -0.15) is 0 Å². The Morgan fingerprint density at radius 1 is 0.969 bits per heavy atom. The number of ether oxygens (including phenoxy) is 3. The van der Waals surface area contributed by atoms with Crippen LogP contribution in [0.2, 0.25) is 0 Å². The van der Waals surface area contributed by atoms with E-state index < -0.39 is 23.7 Å². The molecule has 1 aromatic rings. The Morgan fingerprint density at radius 3 is 2.25 bits per heavy atom. The standard InChI is InChI=1S/C25H39NO6/c1-6-8-15-20(12-7-2)31-22(27)17-16-21(26-24(29)32-25(3,4)5)23(28)30-18-19-13-10-9-11-14-19/h9-11,13-14,20-21H,6-8,12,15-18H2,1-5H3,(H,26,29)/t20?,21-/m0/s1. The van der Waals surface area contributed by atoms with Crippen molar-refractivity contribution in [2.75, 3.05) is 0 Å². The first kappa shape index (κ1) is 27.5. The van der Waals surface area contributed by atoms with E-state index in [1.54, 1.807) is 20.8 Å². The lowest BCUT2D eigenvalue weighted by molar-refractivity contribution is -0.151. The fourth-order valence-electron chi connectivity index (χ4n) is 3.05. The first-order valence-electron chi connectivity index (χ1n) is 11.5. The number of alkyl carbamates (subject to hydrolysis) is 1. The summed E-state index contributed by atoms with van der Waals surface area (Å²) in [6.45, 7) is 9.42. The molecule has 0 aliphatic rings. The SMILES string of the molecule is CCCCC(CCC)OC(=O)CC[C@H](NC(=O)OC(C)(C)C)C(=O)OCc1ccccc1. The van der Waals surface area contributed by atoms with Crippen molar-refractivity contribution in [1.29, 1.82) is 0 Å². The zero-order valence-electron chi connectivity index (χ0n) is 20.1. The molecule has 0 radical (unpaired) electrons. The lowest BCUT2D eigenvalue weighted by Gasteiger charge is -2.23. The molecule has 7 heteroatoms. The lowest BCUT2D eigenvalue weighted by Crippen LogP contribution is -2.44. The fraction of sp³-hybridized carbons (Fsp3) is 0.640. The third-order valence-corrected chi connectivity index (χ3v) is 4.62. The van der Waals surface area contributed by atoms with Crippen LogP contribution in [0.5, 0.6) is 0 Å². The van der Waals surface area contributed by atoms with Crippen LogP contribution in [0.3, 0.4) is 0 Å². The molecule has 0 fully saturated rings. The van der Waals surface area contributed by atoms with Crippen LogP contribution in [0, 0.1) is 0 Å². The molecule has 0 aromatic heterocycles. The Kier molecular flexibility index (Phi) is 12.4. The van der Waals surface area contributed by atoms with E-state index in [9.17, 15) is 14.4 Å². The second-order valence-electron chi connectivity index (χ2n) is 8.87. The van der Waals surface area contributed by atoms with E-state index in [-0.39, 0.29) is 31.5 Å². The molecule has 1 aromatic carbocycles. The van der Waals surface area contributed by atoms with Crippen LogP contribution in [-0.2, 0) is 30.4 Å². The molecule has 32 heavy (non-hydrogen) atoms. The van der Waals surface area contributed by atoms with Crippen LogP contribution in [0.15, 0.2) is 30.3 Å². The van der Waals surface area contributed by atoms with E-state index >= 15 is 0 Å². The summed E-state index contributed by atoms with van der Waals surface area (Å²) < 4.78 is 16.2. The maximum atomic E-state index is 12.7. The van der Waals surface area contributed by atoms with Crippen molar-refractivity contribution in [3.05, 3.63) is 35.9 Å². The molecule has 1 N–H and O–H groups in total. The monoisotopic (exact) mass is 449 g/mol. The van der Waals surface area contributed by atoms with Gasteiger partial charge in [0.1, 0.15) is 24.4 Å². The number of nitrogens with one attached hydrogen (secondary N) is 1. The average molecular weight is 450 g/mol. The summed E-state index contributed by atoms with van der Waals surface area (Å²) in [5, 5.41) is 2.53. The van der Waals surface area contributed by atoms with E-state index in [0.29, 0.717) is 0 Å². The molecule has 0 heterocycles. The minimum atomic E-state index is -1.01. The molecule has 180 valence electrons. The molecule has 0 aliphatic heterocycles.